The van der Waals surface area contributed by atoms with Crippen LogP contribution < -0.4 is 10.5 Å². The van der Waals surface area contributed by atoms with Crippen LogP contribution in [0.25, 0.3) is 0 Å². The standard InChI is InChI=1S/C9H7BrClF3N2O/c10-6-2-1-5(17-9(12,13)14)3-7(6)16-8(15)4-11/h1-3H,4H2,(H2,15,16). The van der Waals surface area contributed by atoms with Gasteiger partial charge >= 0.3 is 6.36 Å². The molecular weight excluding hydrogens is 324 g/mol. The number of nitrogens with two attached hydrogens (primary N) is 1. The van der Waals surface area contributed by atoms with E-state index in [0.717, 1.165) is 12.1 Å². The van der Waals surface area contributed by atoms with E-state index in [4.69, 9.17) is 17.3 Å². The minimum atomic E-state index is -4.74. The summed E-state index contributed by atoms with van der Waals surface area (Å²) in [6.07, 6.45) is -4.74. The summed E-state index contributed by atoms with van der Waals surface area (Å²) in [6, 6.07) is 3.64. The highest BCUT2D eigenvalue weighted by atomic mass is 79.9. The molecule has 1 rings (SSSR count). The number of hydrogen-bond donors (Lipinski definition) is 1. The maximum atomic E-state index is 12.0. The van der Waals surface area contributed by atoms with E-state index >= 15 is 0 Å². The van der Waals surface area contributed by atoms with Crippen molar-refractivity contribution in [2.75, 3.05) is 5.88 Å². The summed E-state index contributed by atoms with van der Waals surface area (Å²) in [7, 11) is 0. The van der Waals surface area contributed by atoms with E-state index in [2.05, 4.69) is 25.7 Å². The molecule has 0 spiro atoms. The third-order valence-electron chi connectivity index (χ3n) is 1.55. The Morgan fingerprint density at radius 1 is 1.47 bits per heavy atom. The molecule has 0 saturated heterocycles. The lowest BCUT2D eigenvalue weighted by Gasteiger charge is -2.09. The van der Waals surface area contributed by atoms with Gasteiger partial charge in [-0.15, -0.1) is 24.8 Å². The Morgan fingerprint density at radius 2 is 2.12 bits per heavy atom. The molecule has 1 aromatic rings. The Bertz CT molecular complexity index is 437. The van der Waals surface area contributed by atoms with Crippen LogP contribution in [0.3, 0.4) is 0 Å². The van der Waals surface area contributed by atoms with Crippen molar-refractivity contribution in [1.82, 2.24) is 0 Å². The van der Waals surface area contributed by atoms with Gasteiger partial charge < -0.3 is 10.5 Å². The summed E-state index contributed by atoms with van der Waals surface area (Å²) in [5.41, 5.74) is 5.60. The Kier molecular flexibility index (Phi) is 4.64. The molecule has 0 aromatic heterocycles. The second kappa shape index (κ2) is 5.59. The molecular formula is C9H7BrClF3N2O. The highest BCUT2D eigenvalue weighted by Crippen LogP contribution is 2.32. The number of hydrogen-bond acceptors (Lipinski definition) is 2. The first kappa shape index (κ1) is 14.1. The fourth-order valence-corrected chi connectivity index (χ4v) is 1.35. The third-order valence-corrected chi connectivity index (χ3v) is 2.50. The third kappa shape index (κ3) is 4.82. The van der Waals surface area contributed by atoms with Gasteiger partial charge in [0.15, 0.2) is 0 Å². The van der Waals surface area contributed by atoms with Crippen LogP contribution in [0, 0.1) is 0 Å². The number of amidine groups is 1. The van der Waals surface area contributed by atoms with Gasteiger partial charge in [0, 0.05) is 10.5 Å². The van der Waals surface area contributed by atoms with Gasteiger partial charge in [-0.3, -0.25) is 0 Å². The van der Waals surface area contributed by atoms with Crippen LogP contribution in [0.4, 0.5) is 18.9 Å². The highest BCUT2D eigenvalue weighted by Gasteiger charge is 2.31. The minimum absolute atomic E-state index is 0.0171. The average Bonchev–Trinajstić information content (AvgIpc) is 2.20. The average molecular weight is 332 g/mol. The molecule has 0 fully saturated rings. The molecule has 0 radical (unpaired) electrons. The predicted octanol–water partition coefficient (Wildman–Crippen LogP) is 3.58. The quantitative estimate of drug-likeness (QED) is 0.523. The van der Waals surface area contributed by atoms with Crippen LogP contribution >= 0.6 is 27.5 Å². The second-order valence-electron chi connectivity index (χ2n) is 2.90. The van der Waals surface area contributed by atoms with E-state index in [1.165, 1.54) is 6.07 Å². The Hall–Kier alpha value is -0.950. The van der Waals surface area contributed by atoms with Crippen LogP contribution in [0.2, 0.25) is 0 Å². The first-order chi connectivity index (χ1) is 7.81. The van der Waals surface area contributed by atoms with E-state index in [0.29, 0.717) is 4.47 Å². The number of halogens is 5. The van der Waals surface area contributed by atoms with Gasteiger partial charge in [-0.05, 0) is 28.1 Å². The molecule has 94 valence electrons. The second-order valence-corrected chi connectivity index (χ2v) is 4.02. The zero-order chi connectivity index (χ0) is 13.1. The number of rotatable bonds is 3. The maximum Gasteiger partial charge on any atom is 0.573 e. The van der Waals surface area contributed by atoms with Crippen LogP contribution in [-0.4, -0.2) is 18.1 Å². The molecule has 0 aliphatic heterocycles. The van der Waals surface area contributed by atoms with E-state index in [1.807, 2.05) is 0 Å². The molecule has 0 bridgehead atoms. The van der Waals surface area contributed by atoms with Crippen molar-refractivity contribution in [3.05, 3.63) is 22.7 Å². The van der Waals surface area contributed by atoms with Crippen LogP contribution in [0.1, 0.15) is 0 Å². The lowest BCUT2D eigenvalue weighted by molar-refractivity contribution is -0.274. The molecule has 17 heavy (non-hydrogen) atoms. The summed E-state index contributed by atoms with van der Waals surface area (Å²) in [5.74, 6) is -0.296. The molecule has 2 N–H and O–H groups in total. The number of nitrogens with zero attached hydrogens (tertiary/aromatic N) is 1. The summed E-state index contributed by atoms with van der Waals surface area (Å²) < 4.78 is 40.2. The van der Waals surface area contributed by atoms with E-state index < -0.39 is 6.36 Å². The summed E-state index contributed by atoms with van der Waals surface area (Å²) in [6.45, 7) is 0. The van der Waals surface area contributed by atoms with Gasteiger partial charge in [-0.1, -0.05) is 0 Å². The fraction of sp³-hybridized carbons (Fsp3) is 0.222. The van der Waals surface area contributed by atoms with Gasteiger partial charge in [0.05, 0.1) is 11.6 Å². The van der Waals surface area contributed by atoms with E-state index in [9.17, 15) is 13.2 Å². The zero-order valence-corrected chi connectivity index (χ0v) is 10.6. The van der Waals surface area contributed by atoms with E-state index in [1.54, 1.807) is 0 Å². The number of aliphatic imine (C=N–C) groups is 1. The molecule has 1 aromatic carbocycles. The molecule has 8 heteroatoms. The topological polar surface area (TPSA) is 47.6 Å². The van der Waals surface area contributed by atoms with Crippen molar-refractivity contribution >= 4 is 39.1 Å². The number of ether oxygens (including phenoxy) is 1. The first-order valence-electron chi connectivity index (χ1n) is 4.26. The zero-order valence-electron chi connectivity index (χ0n) is 8.26. The van der Waals surface area contributed by atoms with Crippen molar-refractivity contribution in [2.45, 2.75) is 6.36 Å². The molecule has 0 heterocycles. The highest BCUT2D eigenvalue weighted by molar-refractivity contribution is 9.10. The molecule has 0 aliphatic carbocycles. The Balaban J connectivity index is 3.03. The monoisotopic (exact) mass is 330 g/mol. The van der Waals surface area contributed by atoms with Gasteiger partial charge in [0.1, 0.15) is 11.6 Å². The molecule has 0 unspecified atom stereocenters. The number of alkyl halides is 4. The van der Waals surface area contributed by atoms with Crippen LogP contribution in [0.15, 0.2) is 27.7 Å². The van der Waals surface area contributed by atoms with Crippen molar-refractivity contribution in [2.24, 2.45) is 10.7 Å². The molecule has 0 aliphatic rings. The first-order valence-corrected chi connectivity index (χ1v) is 5.59. The van der Waals surface area contributed by atoms with Crippen molar-refractivity contribution < 1.29 is 17.9 Å². The normalized spacial score (nSPS) is 12.6. The van der Waals surface area contributed by atoms with Crippen molar-refractivity contribution in [1.29, 1.82) is 0 Å². The fourth-order valence-electron chi connectivity index (χ4n) is 0.960. The maximum absolute atomic E-state index is 12.0. The van der Waals surface area contributed by atoms with Gasteiger partial charge in [-0.2, -0.15) is 0 Å². The van der Waals surface area contributed by atoms with E-state index in [-0.39, 0.29) is 23.2 Å². The van der Waals surface area contributed by atoms with Gasteiger partial charge in [0.25, 0.3) is 0 Å². The Labute approximate surface area is 109 Å². The summed E-state index contributed by atoms with van der Waals surface area (Å²) in [4.78, 5) is 3.84. The smallest absolute Gasteiger partial charge is 0.406 e. The molecule has 0 atom stereocenters. The largest absolute Gasteiger partial charge is 0.573 e. The SMILES string of the molecule is NC(CCl)=Nc1cc(OC(F)(F)F)ccc1Br. The predicted molar refractivity (Wildman–Crippen MR) is 62.8 cm³/mol. The summed E-state index contributed by atoms with van der Waals surface area (Å²) in [5, 5.41) is 0. The summed E-state index contributed by atoms with van der Waals surface area (Å²) >= 11 is 8.54. The minimum Gasteiger partial charge on any atom is -0.406 e. The lowest BCUT2D eigenvalue weighted by atomic mass is 10.3. The Morgan fingerprint density at radius 3 is 2.65 bits per heavy atom. The lowest BCUT2D eigenvalue weighted by Crippen LogP contribution is -2.17. The van der Waals surface area contributed by atoms with Crippen LogP contribution in [0.5, 0.6) is 5.75 Å². The molecule has 0 amide bonds. The molecule has 3 nitrogen and oxygen atoms in total. The van der Waals surface area contributed by atoms with Crippen LogP contribution in [-0.2, 0) is 0 Å². The number of benzene rings is 1. The van der Waals surface area contributed by atoms with Crippen molar-refractivity contribution in [3.63, 3.8) is 0 Å². The van der Waals surface area contributed by atoms with Gasteiger partial charge in [-0.25, -0.2) is 4.99 Å². The van der Waals surface area contributed by atoms with Gasteiger partial charge in [0.2, 0.25) is 0 Å². The molecule has 0 saturated carbocycles. The van der Waals surface area contributed by atoms with Crippen molar-refractivity contribution in [3.8, 4) is 5.75 Å².